The lowest BCUT2D eigenvalue weighted by molar-refractivity contribution is -0.113. The Labute approximate surface area is 216 Å². The first kappa shape index (κ1) is 25.0. The van der Waals surface area contributed by atoms with Crippen LogP contribution in [0.3, 0.4) is 0 Å². The van der Waals surface area contributed by atoms with Crippen LogP contribution in [0.4, 0.5) is 5.00 Å². The molecule has 0 unspecified atom stereocenters. The molecular weight excluding hydrogens is 504 g/mol. The minimum absolute atomic E-state index is 0.108. The molecule has 0 saturated heterocycles. The number of methoxy groups -OCH3 is 1. The minimum Gasteiger partial charge on any atom is -0.465 e. The van der Waals surface area contributed by atoms with E-state index < -0.39 is 5.97 Å². The van der Waals surface area contributed by atoms with Gasteiger partial charge in [-0.2, -0.15) is 0 Å². The Morgan fingerprint density at radius 1 is 1.09 bits per heavy atom. The van der Waals surface area contributed by atoms with Crippen molar-refractivity contribution in [3.8, 4) is 22.5 Å². The van der Waals surface area contributed by atoms with Gasteiger partial charge in [-0.1, -0.05) is 53.7 Å². The largest absolute Gasteiger partial charge is 0.465 e. The van der Waals surface area contributed by atoms with Gasteiger partial charge in [-0.15, -0.1) is 21.5 Å². The summed E-state index contributed by atoms with van der Waals surface area (Å²) in [6, 6.07) is 17.0. The maximum atomic E-state index is 12.9. The molecule has 7 nitrogen and oxygen atoms in total. The molecule has 1 N–H and O–H groups in total. The first-order chi connectivity index (χ1) is 16.9. The Morgan fingerprint density at radius 2 is 1.80 bits per heavy atom. The summed E-state index contributed by atoms with van der Waals surface area (Å²) in [6.45, 7) is 4.56. The Bertz CT molecular complexity index is 1350. The number of benzene rings is 2. The van der Waals surface area contributed by atoms with E-state index in [-0.39, 0.29) is 11.7 Å². The summed E-state index contributed by atoms with van der Waals surface area (Å²) in [4.78, 5) is 26.4. The van der Waals surface area contributed by atoms with Crippen LogP contribution in [0.15, 0.2) is 59.8 Å². The first-order valence-corrected chi connectivity index (χ1v) is 13.0. The molecule has 0 fully saturated rings. The molecule has 35 heavy (non-hydrogen) atoms. The summed E-state index contributed by atoms with van der Waals surface area (Å²) in [7, 11) is 1.33. The second-order valence-corrected chi connectivity index (χ2v) is 10.1. The van der Waals surface area contributed by atoms with Crippen LogP contribution >= 0.6 is 34.7 Å². The van der Waals surface area contributed by atoms with Crippen LogP contribution in [0.2, 0.25) is 5.02 Å². The van der Waals surface area contributed by atoms with Crippen LogP contribution in [0.25, 0.3) is 22.5 Å². The molecule has 10 heteroatoms. The normalized spacial score (nSPS) is 10.9. The standard InChI is InChI=1S/C25H23ClN4O3S2/c1-4-30-22(17-10-12-18(26)13-11-17)28-29-25(30)34-14-19(31)27-23-21(24(32)33-3)20(15(2)35-23)16-8-6-5-7-9-16/h5-13H,4,14H2,1-3H3,(H,27,31). The Morgan fingerprint density at radius 3 is 2.46 bits per heavy atom. The van der Waals surface area contributed by atoms with Gasteiger partial charge < -0.3 is 14.6 Å². The molecule has 0 radical (unpaired) electrons. The smallest absolute Gasteiger partial charge is 0.341 e. The van der Waals surface area contributed by atoms with E-state index in [9.17, 15) is 9.59 Å². The number of carbonyl (C=O) groups excluding carboxylic acids is 2. The van der Waals surface area contributed by atoms with Crippen molar-refractivity contribution in [2.24, 2.45) is 0 Å². The first-order valence-electron chi connectivity index (χ1n) is 10.8. The Hall–Kier alpha value is -3.14. The fourth-order valence-electron chi connectivity index (χ4n) is 3.67. The van der Waals surface area contributed by atoms with Crippen LogP contribution < -0.4 is 5.32 Å². The van der Waals surface area contributed by atoms with Crippen molar-refractivity contribution in [1.29, 1.82) is 0 Å². The average molecular weight is 527 g/mol. The number of amides is 1. The molecule has 2 aromatic carbocycles. The van der Waals surface area contributed by atoms with E-state index >= 15 is 0 Å². The number of hydrogen-bond acceptors (Lipinski definition) is 7. The molecule has 0 aliphatic rings. The number of carbonyl (C=O) groups is 2. The number of thioether (sulfide) groups is 1. The van der Waals surface area contributed by atoms with Gasteiger partial charge in [0.1, 0.15) is 10.6 Å². The van der Waals surface area contributed by atoms with Crippen LogP contribution in [0.5, 0.6) is 0 Å². The third-order valence-corrected chi connectivity index (χ3v) is 7.50. The van der Waals surface area contributed by atoms with Crippen molar-refractivity contribution in [1.82, 2.24) is 14.8 Å². The van der Waals surface area contributed by atoms with Gasteiger partial charge in [-0.25, -0.2) is 4.79 Å². The number of rotatable bonds is 8. The predicted octanol–water partition coefficient (Wildman–Crippen LogP) is 6.17. The molecule has 4 aromatic rings. The van der Waals surface area contributed by atoms with Crippen LogP contribution in [-0.4, -0.2) is 39.5 Å². The predicted molar refractivity (Wildman–Crippen MR) is 141 cm³/mol. The number of thiophene rings is 1. The van der Waals surface area contributed by atoms with Crippen molar-refractivity contribution in [2.75, 3.05) is 18.2 Å². The van der Waals surface area contributed by atoms with Gasteiger partial charge in [0.15, 0.2) is 11.0 Å². The summed E-state index contributed by atoms with van der Waals surface area (Å²) in [5.41, 5.74) is 2.91. The quantitative estimate of drug-likeness (QED) is 0.218. The number of anilines is 1. The summed E-state index contributed by atoms with van der Waals surface area (Å²) in [5.74, 6) is 0.0763. The highest BCUT2D eigenvalue weighted by molar-refractivity contribution is 7.99. The lowest BCUT2D eigenvalue weighted by Crippen LogP contribution is -2.16. The van der Waals surface area contributed by atoms with Gasteiger partial charge in [0.05, 0.1) is 12.9 Å². The Balaban J connectivity index is 1.53. The van der Waals surface area contributed by atoms with Crippen molar-refractivity contribution in [2.45, 2.75) is 25.5 Å². The second-order valence-electron chi connectivity index (χ2n) is 7.49. The van der Waals surface area contributed by atoms with Crippen molar-refractivity contribution >= 4 is 51.6 Å². The molecule has 2 heterocycles. The fraction of sp³-hybridized carbons (Fsp3) is 0.200. The molecule has 180 valence electrons. The second kappa shape index (κ2) is 11.1. The highest BCUT2D eigenvalue weighted by Crippen LogP contribution is 2.40. The summed E-state index contributed by atoms with van der Waals surface area (Å²) in [6.07, 6.45) is 0. The number of aromatic nitrogens is 3. The number of nitrogens with zero attached hydrogens (tertiary/aromatic N) is 3. The van der Waals surface area contributed by atoms with Gasteiger partial charge in [0.2, 0.25) is 5.91 Å². The third-order valence-electron chi connectivity index (χ3n) is 5.26. The molecule has 0 atom stereocenters. The highest BCUT2D eigenvalue weighted by atomic mass is 35.5. The van der Waals surface area contributed by atoms with Gasteiger partial charge in [0.25, 0.3) is 0 Å². The van der Waals surface area contributed by atoms with E-state index in [0.717, 1.165) is 21.6 Å². The molecule has 4 rings (SSSR count). The SMILES string of the molecule is CCn1c(SCC(=O)Nc2sc(C)c(-c3ccccc3)c2C(=O)OC)nnc1-c1ccc(Cl)cc1. The van der Waals surface area contributed by atoms with Gasteiger partial charge in [0, 0.05) is 27.6 Å². The van der Waals surface area contributed by atoms with Gasteiger partial charge in [-0.05, 0) is 43.7 Å². The maximum absolute atomic E-state index is 12.9. The number of aryl methyl sites for hydroxylation is 1. The summed E-state index contributed by atoms with van der Waals surface area (Å²) >= 11 is 8.63. The van der Waals surface area contributed by atoms with E-state index in [1.807, 2.05) is 60.9 Å². The molecule has 0 saturated carbocycles. The number of nitrogens with one attached hydrogen (secondary N) is 1. The van der Waals surface area contributed by atoms with Crippen LogP contribution in [-0.2, 0) is 16.1 Å². The molecule has 0 aliphatic carbocycles. The zero-order valence-corrected chi connectivity index (χ0v) is 21.8. The lowest BCUT2D eigenvalue weighted by Gasteiger charge is -2.09. The zero-order valence-electron chi connectivity index (χ0n) is 19.4. The number of halogens is 1. The van der Waals surface area contributed by atoms with Crippen LogP contribution in [0.1, 0.15) is 22.2 Å². The molecule has 0 spiro atoms. The fourth-order valence-corrected chi connectivity index (χ4v) is 5.68. The maximum Gasteiger partial charge on any atom is 0.341 e. The summed E-state index contributed by atoms with van der Waals surface area (Å²) in [5, 5.41) is 13.2. The number of ether oxygens (including phenoxy) is 1. The average Bonchev–Trinajstić information content (AvgIpc) is 3.43. The van der Waals surface area contributed by atoms with E-state index in [1.165, 1.54) is 30.2 Å². The minimum atomic E-state index is -0.491. The molecule has 0 bridgehead atoms. The van der Waals surface area contributed by atoms with Crippen molar-refractivity contribution in [3.63, 3.8) is 0 Å². The van der Waals surface area contributed by atoms with E-state index in [1.54, 1.807) is 12.1 Å². The zero-order chi connectivity index (χ0) is 24.9. The molecule has 2 aromatic heterocycles. The topological polar surface area (TPSA) is 86.1 Å². The van der Waals surface area contributed by atoms with Crippen molar-refractivity contribution < 1.29 is 14.3 Å². The summed E-state index contributed by atoms with van der Waals surface area (Å²) < 4.78 is 6.98. The molecule has 0 aliphatic heterocycles. The molecular formula is C25H23ClN4O3S2. The number of hydrogen-bond donors (Lipinski definition) is 1. The highest BCUT2D eigenvalue weighted by Gasteiger charge is 2.25. The monoisotopic (exact) mass is 526 g/mol. The van der Waals surface area contributed by atoms with E-state index in [2.05, 4.69) is 15.5 Å². The molecule has 1 amide bonds. The van der Waals surface area contributed by atoms with Gasteiger partial charge in [-0.3, -0.25) is 4.79 Å². The van der Waals surface area contributed by atoms with Gasteiger partial charge >= 0.3 is 5.97 Å². The lowest BCUT2D eigenvalue weighted by atomic mass is 10.0. The Kier molecular flexibility index (Phi) is 7.90. The number of esters is 1. The van der Waals surface area contributed by atoms with Crippen molar-refractivity contribution in [3.05, 3.63) is 70.1 Å². The van der Waals surface area contributed by atoms with Crippen LogP contribution in [0, 0.1) is 6.92 Å². The third kappa shape index (κ3) is 5.42. The van der Waals surface area contributed by atoms with E-state index in [0.29, 0.717) is 33.1 Å². The van der Waals surface area contributed by atoms with E-state index in [4.69, 9.17) is 16.3 Å².